The predicted molar refractivity (Wildman–Crippen MR) is 152 cm³/mol. The monoisotopic (exact) mass is 531 g/mol. The van der Waals surface area contributed by atoms with E-state index in [2.05, 4.69) is 6.92 Å². The molecule has 7 heteroatoms. The number of benzene rings is 2. The van der Waals surface area contributed by atoms with E-state index >= 15 is 0 Å². The van der Waals surface area contributed by atoms with Crippen molar-refractivity contribution in [3.63, 3.8) is 0 Å². The van der Waals surface area contributed by atoms with E-state index in [1.807, 2.05) is 56.3 Å². The van der Waals surface area contributed by atoms with Gasteiger partial charge in [-0.2, -0.15) is 0 Å². The number of nitrogens with zero attached hydrogens (tertiary/aromatic N) is 1. The first-order valence-electron chi connectivity index (χ1n) is 13.1. The molecule has 0 bridgehead atoms. The summed E-state index contributed by atoms with van der Waals surface area (Å²) in [4.78, 5) is 29.6. The highest BCUT2D eigenvalue weighted by atomic mass is 32.1. The summed E-state index contributed by atoms with van der Waals surface area (Å²) in [6, 6.07) is 16.9. The predicted octanol–water partition coefficient (Wildman–Crippen LogP) is 7.89. The molecule has 1 aliphatic carbocycles. The highest BCUT2D eigenvalue weighted by Gasteiger charge is 2.33. The third kappa shape index (κ3) is 4.95. The van der Waals surface area contributed by atoms with Gasteiger partial charge in [0.1, 0.15) is 10.6 Å². The van der Waals surface area contributed by atoms with Crippen molar-refractivity contribution in [2.24, 2.45) is 11.8 Å². The van der Waals surface area contributed by atoms with Crippen LogP contribution < -0.4 is 4.90 Å². The zero-order chi connectivity index (χ0) is 27.0. The van der Waals surface area contributed by atoms with Gasteiger partial charge in [-0.3, -0.25) is 4.79 Å². The number of amides is 1. The largest absolute Gasteiger partial charge is 0.504 e. The van der Waals surface area contributed by atoms with Crippen LogP contribution in [0.3, 0.4) is 0 Å². The van der Waals surface area contributed by atoms with E-state index in [-0.39, 0.29) is 23.6 Å². The smallest absolute Gasteiger partial charge is 0.350 e. The van der Waals surface area contributed by atoms with Crippen LogP contribution in [-0.4, -0.2) is 30.1 Å². The van der Waals surface area contributed by atoms with Crippen molar-refractivity contribution >= 4 is 39.9 Å². The van der Waals surface area contributed by atoms with Gasteiger partial charge in [0.25, 0.3) is 0 Å². The Hall–Kier alpha value is -3.58. The highest BCUT2D eigenvalue weighted by molar-refractivity contribution is 7.18. The molecule has 1 fully saturated rings. The van der Waals surface area contributed by atoms with Crippen LogP contribution in [0.1, 0.15) is 56.1 Å². The van der Waals surface area contributed by atoms with E-state index in [4.69, 9.17) is 9.15 Å². The van der Waals surface area contributed by atoms with Crippen molar-refractivity contribution in [3.05, 3.63) is 59.5 Å². The molecule has 2 aromatic carbocycles. The zero-order valence-corrected chi connectivity index (χ0v) is 23.0. The number of rotatable bonds is 6. The number of anilines is 1. The summed E-state index contributed by atoms with van der Waals surface area (Å²) in [5.41, 5.74) is 2.88. The van der Waals surface area contributed by atoms with Gasteiger partial charge in [0, 0.05) is 27.8 Å². The Labute approximate surface area is 226 Å². The molecule has 2 heterocycles. The molecule has 0 atom stereocenters. The number of carbonyl (C=O) groups is 2. The van der Waals surface area contributed by atoms with Gasteiger partial charge in [-0.1, -0.05) is 43.3 Å². The molecule has 198 valence electrons. The molecule has 0 aliphatic heterocycles. The van der Waals surface area contributed by atoms with E-state index in [0.717, 1.165) is 47.1 Å². The molecule has 2 aromatic heterocycles. The number of ether oxygens (including phenoxy) is 1. The third-order valence-corrected chi connectivity index (χ3v) is 8.59. The van der Waals surface area contributed by atoms with Gasteiger partial charge in [0.2, 0.25) is 5.91 Å². The molecule has 1 N–H and O–H groups in total. The Bertz CT molecular complexity index is 1460. The van der Waals surface area contributed by atoms with E-state index in [1.165, 1.54) is 18.4 Å². The standard InChI is InChI=1S/C31H33NO5S/c1-18(2)32(30(34)22-10-8-19(3)9-11-22)24-17-27(38-29(24)31(35)36-4)21-14-12-20(13-15-21)26-16-23-6-5-7-25(33)28(23)37-26/h5-7,12-19,22,33H,8-11H2,1-4H3/t19-,22-. The first-order valence-corrected chi connectivity index (χ1v) is 14.0. The van der Waals surface area contributed by atoms with Gasteiger partial charge in [0.05, 0.1) is 12.8 Å². The molecular weight excluding hydrogens is 498 g/mol. The average Bonchev–Trinajstić information content (AvgIpc) is 3.55. The lowest BCUT2D eigenvalue weighted by atomic mass is 9.82. The zero-order valence-electron chi connectivity index (χ0n) is 22.2. The number of carbonyl (C=O) groups excluding carboxylic acids is 2. The fraction of sp³-hybridized carbons (Fsp3) is 0.355. The SMILES string of the molecule is COC(=O)c1sc(-c2ccc(-c3cc4cccc(O)c4o3)cc2)cc1N(C(=O)[C@H]1CC[C@H](C)CC1)C(C)C. The van der Waals surface area contributed by atoms with Crippen LogP contribution in [0.15, 0.2) is 59.0 Å². The van der Waals surface area contributed by atoms with Crippen LogP contribution >= 0.6 is 11.3 Å². The van der Waals surface area contributed by atoms with E-state index in [9.17, 15) is 14.7 Å². The minimum absolute atomic E-state index is 0.0232. The van der Waals surface area contributed by atoms with Crippen LogP contribution in [0.25, 0.3) is 32.7 Å². The first-order chi connectivity index (χ1) is 18.3. The second kappa shape index (κ2) is 10.7. The number of phenols is 1. The molecule has 1 saturated carbocycles. The van der Waals surface area contributed by atoms with Crippen molar-refractivity contribution in [2.75, 3.05) is 12.0 Å². The van der Waals surface area contributed by atoms with Crippen molar-refractivity contribution in [3.8, 4) is 27.5 Å². The lowest BCUT2D eigenvalue weighted by Crippen LogP contribution is -2.42. The molecular formula is C31H33NO5S. The number of fused-ring (bicyclic) bond motifs is 1. The Morgan fingerprint density at radius 3 is 2.34 bits per heavy atom. The lowest BCUT2D eigenvalue weighted by Gasteiger charge is -2.33. The molecule has 5 rings (SSSR count). The summed E-state index contributed by atoms with van der Waals surface area (Å²) >= 11 is 1.34. The topological polar surface area (TPSA) is 80.0 Å². The first kappa shape index (κ1) is 26.0. The van der Waals surface area contributed by atoms with Gasteiger partial charge in [-0.25, -0.2) is 4.79 Å². The van der Waals surface area contributed by atoms with Gasteiger partial charge in [-0.15, -0.1) is 11.3 Å². The number of para-hydroxylation sites is 1. The Kier molecular flexibility index (Phi) is 7.30. The van der Waals surface area contributed by atoms with Gasteiger partial charge in [-0.05, 0) is 69.2 Å². The molecule has 6 nitrogen and oxygen atoms in total. The molecule has 1 amide bonds. The van der Waals surface area contributed by atoms with E-state index in [1.54, 1.807) is 17.0 Å². The third-order valence-electron chi connectivity index (χ3n) is 7.44. The van der Waals surface area contributed by atoms with Crippen LogP contribution in [0.2, 0.25) is 0 Å². The van der Waals surface area contributed by atoms with Crippen molar-refractivity contribution < 1.29 is 23.8 Å². The molecule has 0 unspecified atom stereocenters. The number of esters is 1. The lowest BCUT2D eigenvalue weighted by molar-refractivity contribution is -0.123. The summed E-state index contributed by atoms with van der Waals surface area (Å²) < 4.78 is 11.0. The number of phenolic OH excluding ortho intramolecular Hbond substituents is 1. The quantitative estimate of drug-likeness (QED) is 0.256. The second-order valence-electron chi connectivity index (χ2n) is 10.5. The van der Waals surface area contributed by atoms with Crippen LogP contribution in [0.4, 0.5) is 5.69 Å². The van der Waals surface area contributed by atoms with Crippen LogP contribution in [0, 0.1) is 11.8 Å². The minimum atomic E-state index is -0.439. The molecule has 0 saturated heterocycles. The normalized spacial score (nSPS) is 17.6. The average molecular weight is 532 g/mol. The Morgan fingerprint density at radius 2 is 1.71 bits per heavy atom. The van der Waals surface area contributed by atoms with Crippen molar-refractivity contribution in [2.45, 2.75) is 52.5 Å². The summed E-state index contributed by atoms with van der Waals surface area (Å²) in [5, 5.41) is 10.9. The summed E-state index contributed by atoms with van der Waals surface area (Å²) in [5.74, 6) is 1.05. The molecule has 0 spiro atoms. The van der Waals surface area contributed by atoms with Crippen molar-refractivity contribution in [1.82, 2.24) is 0 Å². The molecule has 38 heavy (non-hydrogen) atoms. The minimum Gasteiger partial charge on any atom is -0.504 e. The van der Waals surface area contributed by atoms with E-state index in [0.29, 0.717) is 27.8 Å². The number of furan rings is 1. The van der Waals surface area contributed by atoms with E-state index < -0.39 is 5.97 Å². The van der Waals surface area contributed by atoms with Gasteiger partial charge >= 0.3 is 5.97 Å². The summed E-state index contributed by atoms with van der Waals surface area (Å²) in [6.07, 6.45) is 3.88. The fourth-order valence-electron chi connectivity index (χ4n) is 5.29. The Balaban J connectivity index is 1.48. The van der Waals surface area contributed by atoms with Crippen LogP contribution in [-0.2, 0) is 9.53 Å². The summed E-state index contributed by atoms with van der Waals surface area (Å²) in [7, 11) is 1.37. The number of aromatic hydroxyl groups is 1. The molecule has 0 radical (unpaired) electrons. The maximum Gasteiger partial charge on any atom is 0.350 e. The Morgan fingerprint density at radius 1 is 1.03 bits per heavy atom. The second-order valence-corrected chi connectivity index (χ2v) is 11.5. The number of hydrogen-bond donors (Lipinski definition) is 1. The van der Waals surface area contributed by atoms with Crippen LogP contribution in [0.5, 0.6) is 5.75 Å². The molecule has 4 aromatic rings. The fourth-order valence-corrected chi connectivity index (χ4v) is 6.36. The number of methoxy groups -OCH3 is 1. The highest BCUT2D eigenvalue weighted by Crippen LogP contribution is 2.41. The van der Waals surface area contributed by atoms with Crippen molar-refractivity contribution in [1.29, 1.82) is 0 Å². The maximum atomic E-state index is 13.7. The maximum absolute atomic E-state index is 13.7. The summed E-state index contributed by atoms with van der Waals surface area (Å²) in [6.45, 7) is 6.22. The number of thiophene rings is 1. The van der Waals surface area contributed by atoms with Gasteiger partial charge in [0.15, 0.2) is 11.3 Å². The van der Waals surface area contributed by atoms with Gasteiger partial charge < -0.3 is 19.2 Å². The number of hydrogen-bond acceptors (Lipinski definition) is 6. The molecule has 1 aliphatic rings.